The maximum absolute atomic E-state index is 13.2. The summed E-state index contributed by atoms with van der Waals surface area (Å²) in [5.74, 6) is -1.64. The van der Waals surface area contributed by atoms with Gasteiger partial charge in [0.05, 0.1) is 17.2 Å². The number of phenolic OH excluding ortho intramolecular Hbond substituents is 1. The molecular weight excluding hydrogens is 541 g/mol. The van der Waals surface area contributed by atoms with E-state index in [1.807, 2.05) is 37.4 Å². The molecule has 0 bridgehead atoms. The standard InChI is InChI=1S/C29H41Cl2N3O5/c1-19(2)34(20(3)4)14-16-39-29(37)24(17-21-11-7-6-8-12-21)33-28(36)22-18-23(30)27(25(31)26(22)35)38-15-10-9-13-32-5/h6-8,11-12,18-20,24,32,35H,9-10,13-17H2,1-5H3,(H,33,36). The van der Waals surface area contributed by atoms with Crippen molar-refractivity contribution in [1.29, 1.82) is 0 Å². The summed E-state index contributed by atoms with van der Waals surface area (Å²) >= 11 is 12.7. The van der Waals surface area contributed by atoms with E-state index in [2.05, 4.69) is 43.2 Å². The minimum Gasteiger partial charge on any atom is -0.505 e. The van der Waals surface area contributed by atoms with Crippen molar-refractivity contribution in [2.75, 3.05) is 33.4 Å². The molecule has 0 heterocycles. The van der Waals surface area contributed by atoms with Crippen molar-refractivity contribution < 1.29 is 24.2 Å². The van der Waals surface area contributed by atoms with Gasteiger partial charge in [0.2, 0.25) is 0 Å². The van der Waals surface area contributed by atoms with Gasteiger partial charge in [0.1, 0.15) is 17.7 Å². The van der Waals surface area contributed by atoms with Crippen LogP contribution in [0.25, 0.3) is 0 Å². The number of carbonyl (C=O) groups excluding carboxylic acids is 2. The molecule has 0 aromatic heterocycles. The summed E-state index contributed by atoms with van der Waals surface area (Å²) in [6.45, 7) is 10.3. The predicted octanol–water partition coefficient (Wildman–Crippen LogP) is 5.08. The van der Waals surface area contributed by atoms with Crippen LogP contribution in [0.3, 0.4) is 0 Å². The van der Waals surface area contributed by atoms with E-state index in [1.165, 1.54) is 6.07 Å². The summed E-state index contributed by atoms with van der Waals surface area (Å²) in [4.78, 5) is 28.5. The van der Waals surface area contributed by atoms with Gasteiger partial charge in [-0.3, -0.25) is 9.69 Å². The van der Waals surface area contributed by atoms with E-state index in [9.17, 15) is 14.7 Å². The maximum Gasteiger partial charge on any atom is 0.329 e. The maximum atomic E-state index is 13.2. The van der Waals surface area contributed by atoms with Crippen LogP contribution in [0.2, 0.25) is 10.0 Å². The molecule has 1 amide bonds. The van der Waals surface area contributed by atoms with Gasteiger partial charge in [-0.25, -0.2) is 4.79 Å². The van der Waals surface area contributed by atoms with Gasteiger partial charge >= 0.3 is 5.97 Å². The highest BCUT2D eigenvalue weighted by atomic mass is 35.5. The monoisotopic (exact) mass is 581 g/mol. The molecule has 2 aromatic carbocycles. The lowest BCUT2D eigenvalue weighted by Crippen LogP contribution is -2.45. The number of unbranched alkanes of at least 4 members (excludes halogenated alkanes) is 1. The van der Waals surface area contributed by atoms with Crippen molar-refractivity contribution in [3.8, 4) is 11.5 Å². The minimum absolute atomic E-state index is 0.0845. The Bertz CT molecular complexity index is 1060. The van der Waals surface area contributed by atoms with E-state index >= 15 is 0 Å². The lowest BCUT2D eigenvalue weighted by atomic mass is 10.1. The normalized spacial score (nSPS) is 12.2. The summed E-state index contributed by atoms with van der Waals surface area (Å²) < 4.78 is 11.2. The molecule has 0 saturated carbocycles. The minimum atomic E-state index is -0.994. The Morgan fingerprint density at radius 2 is 1.69 bits per heavy atom. The number of nitrogens with zero attached hydrogens (tertiary/aromatic N) is 1. The lowest BCUT2D eigenvalue weighted by molar-refractivity contribution is -0.146. The van der Waals surface area contributed by atoms with Gasteiger partial charge in [0.25, 0.3) is 5.91 Å². The molecule has 1 atom stereocenters. The van der Waals surface area contributed by atoms with Crippen LogP contribution in [0.15, 0.2) is 36.4 Å². The Balaban J connectivity index is 2.17. The zero-order valence-corrected chi connectivity index (χ0v) is 24.9. The fraction of sp³-hybridized carbons (Fsp3) is 0.517. The molecule has 10 heteroatoms. The second kappa shape index (κ2) is 16.6. The van der Waals surface area contributed by atoms with Gasteiger partial charge in [-0.05, 0) is 65.8 Å². The van der Waals surface area contributed by atoms with E-state index in [-0.39, 0.29) is 34.4 Å². The molecule has 1 unspecified atom stereocenters. The fourth-order valence-electron chi connectivity index (χ4n) is 4.22. The van der Waals surface area contributed by atoms with Crippen LogP contribution in [0.1, 0.15) is 56.5 Å². The van der Waals surface area contributed by atoms with Crippen LogP contribution in [0.4, 0.5) is 0 Å². The average molecular weight is 583 g/mol. The number of ether oxygens (including phenoxy) is 2. The Labute approximate surface area is 242 Å². The Morgan fingerprint density at radius 3 is 2.31 bits per heavy atom. The zero-order chi connectivity index (χ0) is 28.9. The van der Waals surface area contributed by atoms with Crippen LogP contribution < -0.4 is 15.4 Å². The summed E-state index contributed by atoms with van der Waals surface area (Å²) in [6.07, 6.45) is 1.86. The first-order valence-corrected chi connectivity index (χ1v) is 14.1. The number of amides is 1. The van der Waals surface area contributed by atoms with E-state index in [4.69, 9.17) is 32.7 Å². The predicted molar refractivity (Wildman–Crippen MR) is 156 cm³/mol. The number of hydrogen-bond donors (Lipinski definition) is 3. The molecule has 39 heavy (non-hydrogen) atoms. The molecular formula is C29H41Cl2N3O5. The van der Waals surface area contributed by atoms with Crippen LogP contribution >= 0.6 is 23.2 Å². The van der Waals surface area contributed by atoms with E-state index < -0.39 is 23.7 Å². The number of carbonyl (C=O) groups is 2. The molecule has 8 nitrogen and oxygen atoms in total. The Hall–Kier alpha value is -2.52. The molecule has 0 aliphatic rings. The first-order chi connectivity index (χ1) is 18.6. The lowest BCUT2D eigenvalue weighted by Gasteiger charge is -2.30. The van der Waals surface area contributed by atoms with E-state index in [0.717, 1.165) is 24.9 Å². The number of benzene rings is 2. The number of halogens is 2. The summed E-state index contributed by atoms with van der Waals surface area (Å²) in [6, 6.07) is 10.2. The molecule has 2 aromatic rings. The van der Waals surface area contributed by atoms with Crippen LogP contribution in [-0.4, -0.2) is 73.4 Å². The molecule has 3 N–H and O–H groups in total. The topological polar surface area (TPSA) is 100 Å². The van der Waals surface area contributed by atoms with Gasteiger partial charge in [0.15, 0.2) is 11.5 Å². The smallest absolute Gasteiger partial charge is 0.329 e. The molecule has 2 rings (SSSR count). The fourth-order valence-corrected chi connectivity index (χ4v) is 4.78. The van der Waals surface area contributed by atoms with Gasteiger partial charge in [0, 0.05) is 25.0 Å². The van der Waals surface area contributed by atoms with Crippen molar-refractivity contribution >= 4 is 35.1 Å². The molecule has 0 fully saturated rings. The Kier molecular flexibility index (Phi) is 13.9. The van der Waals surface area contributed by atoms with Crippen LogP contribution in [0, 0.1) is 0 Å². The van der Waals surface area contributed by atoms with Crippen molar-refractivity contribution in [3.05, 3.63) is 57.6 Å². The highest BCUT2D eigenvalue weighted by Crippen LogP contribution is 2.42. The first-order valence-electron chi connectivity index (χ1n) is 13.3. The van der Waals surface area contributed by atoms with Crippen molar-refractivity contribution in [1.82, 2.24) is 15.5 Å². The third-order valence-electron chi connectivity index (χ3n) is 6.26. The number of rotatable bonds is 16. The second-order valence-electron chi connectivity index (χ2n) is 9.87. The van der Waals surface area contributed by atoms with Crippen LogP contribution in [-0.2, 0) is 16.0 Å². The van der Waals surface area contributed by atoms with Crippen LogP contribution in [0.5, 0.6) is 11.5 Å². The molecule has 0 radical (unpaired) electrons. The molecule has 0 aliphatic heterocycles. The van der Waals surface area contributed by atoms with Gasteiger partial charge < -0.3 is 25.2 Å². The third-order valence-corrected chi connectivity index (χ3v) is 6.89. The zero-order valence-electron chi connectivity index (χ0n) is 23.4. The summed E-state index contributed by atoms with van der Waals surface area (Å²) in [7, 11) is 1.87. The SMILES string of the molecule is CNCCCCOc1c(Cl)cc(C(=O)NC(Cc2ccccc2)C(=O)OCCN(C(C)C)C(C)C)c(O)c1Cl. The third kappa shape index (κ3) is 10.2. The first kappa shape index (κ1) is 32.7. The quantitative estimate of drug-likeness (QED) is 0.188. The molecule has 0 spiro atoms. The number of hydrogen-bond acceptors (Lipinski definition) is 7. The number of nitrogens with one attached hydrogen (secondary N) is 2. The number of esters is 1. The van der Waals surface area contributed by atoms with Gasteiger partial charge in [-0.1, -0.05) is 53.5 Å². The van der Waals surface area contributed by atoms with Crippen molar-refractivity contribution in [3.63, 3.8) is 0 Å². The van der Waals surface area contributed by atoms with Gasteiger partial charge in [-0.2, -0.15) is 0 Å². The highest BCUT2D eigenvalue weighted by Gasteiger charge is 2.27. The number of aromatic hydroxyl groups is 1. The molecule has 216 valence electrons. The largest absolute Gasteiger partial charge is 0.505 e. The average Bonchev–Trinajstić information content (AvgIpc) is 2.89. The van der Waals surface area contributed by atoms with Gasteiger partial charge in [-0.15, -0.1) is 0 Å². The summed E-state index contributed by atoms with van der Waals surface area (Å²) in [5, 5.41) is 16.4. The Morgan fingerprint density at radius 1 is 1.03 bits per heavy atom. The van der Waals surface area contributed by atoms with E-state index in [1.54, 1.807) is 0 Å². The second-order valence-corrected chi connectivity index (χ2v) is 10.7. The molecule has 0 saturated heterocycles. The highest BCUT2D eigenvalue weighted by molar-refractivity contribution is 6.39. The van der Waals surface area contributed by atoms with Crippen molar-refractivity contribution in [2.45, 2.75) is 65.1 Å². The summed E-state index contributed by atoms with van der Waals surface area (Å²) in [5.41, 5.74) is 0.678. The molecule has 0 aliphatic carbocycles. The van der Waals surface area contributed by atoms with E-state index in [0.29, 0.717) is 25.2 Å². The van der Waals surface area contributed by atoms with Crippen molar-refractivity contribution in [2.24, 2.45) is 0 Å². The number of phenols is 1.